The van der Waals surface area contributed by atoms with E-state index < -0.39 is 17.2 Å². The lowest BCUT2D eigenvalue weighted by atomic mass is 9.86. The van der Waals surface area contributed by atoms with Crippen molar-refractivity contribution in [3.8, 4) is 11.3 Å². The molecular formula is C32H39Cl3N6O3. The predicted molar refractivity (Wildman–Crippen MR) is 173 cm³/mol. The van der Waals surface area contributed by atoms with Crippen molar-refractivity contribution in [2.24, 2.45) is 5.92 Å². The average Bonchev–Trinajstić information content (AvgIpc) is 3.38. The fourth-order valence-electron chi connectivity index (χ4n) is 5.94. The summed E-state index contributed by atoms with van der Waals surface area (Å²) in [5, 5.41) is 10.4. The van der Waals surface area contributed by atoms with Crippen LogP contribution in [-0.4, -0.2) is 86.1 Å². The van der Waals surface area contributed by atoms with Crippen LogP contribution >= 0.6 is 34.8 Å². The van der Waals surface area contributed by atoms with Crippen molar-refractivity contribution >= 4 is 46.8 Å². The van der Waals surface area contributed by atoms with E-state index >= 15 is 0 Å². The zero-order valence-corrected chi connectivity index (χ0v) is 28.0. The Morgan fingerprint density at radius 3 is 2.30 bits per heavy atom. The number of likely N-dealkylation sites (tertiary alicyclic amines) is 1. The molecule has 1 aromatic heterocycles. The second-order valence-corrected chi connectivity index (χ2v) is 14.4. The molecule has 0 bridgehead atoms. The van der Waals surface area contributed by atoms with E-state index in [0.29, 0.717) is 45.3 Å². The molecule has 2 amide bonds. The van der Waals surface area contributed by atoms with E-state index in [1.54, 1.807) is 34.0 Å². The van der Waals surface area contributed by atoms with Gasteiger partial charge in [0.25, 0.3) is 5.91 Å². The summed E-state index contributed by atoms with van der Waals surface area (Å²) in [7, 11) is 0. The molecule has 2 aromatic carbocycles. The van der Waals surface area contributed by atoms with E-state index in [0.717, 1.165) is 19.5 Å². The minimum absolute atomic E-state index is 0.0167. The lowest BCUT2D eigenvalue weighted by molar-refractivity contribution is -0.157. The summed E-state index contributed by atoms with van der Waals surface area (Å²) in [4.78, 5) is 33.6. The van der Waals surface area contributed by atoms with Crippen LogP contribution in [0.5, 0.6) is 0 Å². The zero-order chi connectivity index (χ0) is 31.8. The molecule has 0 N–H and O–H groups in total. The Hall–Kier alpha value is -2.85. The number of rotatable bonds is 7. The number of hydrogen-bond acceptors (Lipinski definition) is 6. The molecule has 0 spiro atoms. The topological polar surface area (TPSA) is 83.8 Å². The number of aromatic nitrogens is 3. The molecule has 3 heterocycles. The van der Waals surface area contributed by atoms with Gasteiger partial charge in [-0.15, -0.1) is 5.10 Å². The standard InChI is InChI=1S/C32H39Cl3N6O3/c1-21(2)15-24-17-38(16-22-9-11-23(33)12-10-22)13-14-40(24)29(42)32(19-39(20-32)30(43)44-31(3,4)5)41-18-27(36-37-41)28-25(34)7-6-8-26(28)35/h6-12,18,21,24H,13-17,19-20H2,1-5H3. The summed E-state index contributed by atoms with van der Waals surface area (Å²) in [6, 6.07) is 13.1. The van der Waals surface area contributed by atoms with Crippen LogP contribution in [0.2, 0.25) is 15.1 Å². The Morgan fingerprint density at radius 1 is 1.02 bits per heavy atom. The number of halogens is 3. The molecule has 1 atom stereocenters. The van der Waals surface area contributed by atoms with Crippen molar-refractivity contribution in [3.63, 3.8) is 0 Å². The van der Waals surface area contributed by atoms with Gasteiger partial charge in [-0.25, -0.2) is 9.48 Å². The zero-order valence-electron chi connectivity index (χ0n) is 25.8. The molecule has 2 fully saturated rings. The number of piperazine rings is 1. The number of hydrogen-bond donors (Lipinski definition) is 0. The Kier molecular flexibility index (Phi) is 9.52. The molecule has 0 radical (unpaired) electrons. The Labute approximate surface area is 274 Å². The highest BCUT2D eigenvalue weighted by molar-refractivity contribution is 6.39. The van der Waals surface area contributed by atoms with Crippen LogP contribution in [0.25, 0.3) is 11.3 Å². The van der Waals surface area contributed by atoms with Gasteiger partial charge in [-0.05, 0) is 62.9 Å². The minimum atomic E-state index is -1.15. The van der Waals surface area contributed by atoms with Gasteiger partial charge in [-0.2, -0.15) is 0 Å². The summed E-state index contributed by atoms with van der Waals surface area (Å²) in [6.07, 6.45) is 2.07. The molecule has 3 aromatic rings. The maximum atomic E-state index is 14.7. The first kappa shape index (κ1) is 32.5. The second kappa shape index (κ2) is 12.9. The van der Waals surface area contributed by atoms with Crippen molar-refractivity contribution < 1.29 is 14.3 Å². The fraction of sp³-hybridized carbons (Fsp3) is 0.500. The first-order valence-corrected chi connectivity index (χ1v) is 16.0. The first-order valence-electron chi connectivity index (χ1n) is 14.9. The molecule has 2 aliphatic rings. The monoisotopic (exact) mass is 660 g/mol. The second-order valence-electron chi connectivity index (χ2n) is 13.2. The van der Waals surface area contributed by atoms with Gasteiger partial charge in [0.1, 0.15) is 11.3 Å². The van der Waals surface area contributed by atoms with E-state index in [1.165, 1.54) is 5.56 Å². The summed E-state index contributed by atoms with van der Waals surface area (Å²) >= 11 is 19.1. The van der Waals surface area contributed by atoms with Crippen molar-refractivity contribution in [1.29, 1.82) is 0 Å². The largest absolute Gasteiger partial charge is 0.444 e. The highest BCUT2D eigenvalue weighted by Gasteiger charge is 2.57. The molecule has 0 aliphatic carbocycles. The lowest BCUT2D eigenvalue weighted by Crippen LogP contribution is -2.73. The molecule has 9 nitrogen and oxygen atoms in total. The highest BCUT2D eigenvalue weighted by Crippen LogP contribution is 2.38. The lowest BCUT2D eigenvalue weighted by Gasteiger charge is -2.52. The molecule has 44 heavy (non-hydrogen) atoms. The highest BCUT2D eigenvalue weighted by atomic mass is 35.5. The smallest absolute Gasteiger partial charge is 0.410 e. The van der Waals surface area contributed by atoms with Crippen LogP contribution in [0, 0.1) is 5.92 Å². The number of ether oxygens (including phenoxy) is 1. The van der Waals surface area contributed by atoms with Gasteiger partial charge in [0.05, 0.1) is 29.3 Å². The molecule has 236 valence electrons. The summed E-state index contributed by atoms with van der Waals surface area (Å²) in [5.41, 5.74) is 0.359. The minimum Gasteiger partial charge on any atom is -0.444 e. The van der Waals surface area contributed by atoms with Gasteiger partial charge in [-0.1, -0.05) is 72.1 Å². The van der Waals surface area contributed by atoms with Gasteiger partial charge in [0.2, 0.25) is 0 Å². The van der Waals surface area contributed by atoms with E-state index in [2.05, 4.69) is 29.1 Å². The quantitative estimate of drug-likeness (QED) is 0.284. The number of nitrogens with zero attached hydrogens (tertiary/aromatic N) is 6. The maximum Gasteiger partial charge on any atom is 0.410 e. The molecule has 12 heteroatoms. The molecule has 2 saturated heterocycles. The maximum absolute atomic E-state index is 14.7. The third-order valence-corrected chi connectivity index (χ3v) is 8.88. The van der Waals surface area contributed by atoms with Gasteiger partial charge in [-0.3, -0.25) is 9.69 Å². The van der Waals surface area contributed by atoms with Crippen molar-refractivity contribution in [3.05, 3.63) is 69.3 Å². The first-order chi connectivity index (χ1) is 20.8. The third-order valence-electron chi connectivity index (χ3n) is 8.00. The number of carbonyl (C=O) groups is 2. The normalized spacial score (nSPS) is 18.8. The fourth-order valence-corrected chi connectivity index (χ4v) is 6.66. The third kappa shape index (κ3) is 7.01. The molecular weight excluding hydrogens is 623 g/mol. The number of carbonyl (C=O) groups excluding carboxylic acids is 2. The van der Waals surface area contributed by atoms with Crippen LogP contribution in [0.4, 0.5) is 4.79 Å². The van der Waals surface area contributed by atoms with Crippen molar-refractivity contribution in [2.45, 2.75) is 64.8 Å². The van der Waals surface area contributed by atoms with E-state index in [9.17, 15) is 9.59 Å². The van der Waals surface area contributed by atoms with Crippen LogP contribution in [0.1, 0.15) is 46.6 Å². The molecule has 1 unspecified atom stereocenters. The Morgan fingerprint density at radius 2 is 1.68 bits per heavy atom. The van der Waals surface area contributed by atoms with Crippen LogP contribution in [-0.2, 0) is 21.6 Å². The van der Waals surface area contributed by atoms with Crippen LogP contribution < -0.4 is 0 Å². The number of benzene rings is 2. The summed E-state index contributed by atoms with van der Waals surface area (Å²) < 4.78 is 7.20. The number of amides is 2. The summed E-state index contributed by atoms with van der Waals surface area (Å²) in [5.74, 6) is 0.289. The molecule has 5 rings (SSSR count). The molecule has 2 aliphatic heterocycles. The average molecular weight is 662 g/mol. The van der Waals surface area contributed by atoms with E-state index in [-0.39, 0.29) is 25.0 Å². The van der Waals surface area contributed by atoms with Crippen LogP contribution in [0.3, 0.4) is 0 Å². The van der Waals surface area contributed by atoms with Gasteiger partial charge >= 0.3 is 6.09 Å². The van der Waals surface area contributed by atoms with Crippen molar-refractivity contribution in [1.82, 2.24) is 29.7 Å². The van der Waals surface area contributed by atoms with E-state index in [4.69, 9.17) is 39.5 Å². The van der Waals surface area contributed by atoms with E-state index in [1.807, 2.05) is 49.9 Å². The Bertz CT molecular complexity index is 1480. The van der Waals surface area contributed by atoms with Gasteiger partial charge in [0, 0.05) is 42.8 Å². The van der Waals surface area contributed by atoms with Crippen molar-refractivity contribution in [2.75, 3.05) is 32.7 Å². The van der Waals surface area contributed by atoms with Gasteiger partial charge in [0.15, 0.2) is 5.54 Å². The summed E-state index contributed by atoms with van der Waals surface area (Å²) in [6.45, 7) is 12.8. The molecule has 0 saturated carbocycles. The predicted octanol–water partition coefficient (Wildman–Crippen LogP) is 6.61. The Balaban J connectivity index is 1.44. The SMILES string of the molecule is CC(C)CC1CN(Cc2ccc(Cl)cc2)CCN1C(=O)C1(n2cc(-c3c(Cl)cccc3Cl)nn2)CN(C(=O)OC(C)(C)C)C1. The van der Waals surface area contributed by atoms with Gasteiger partial charge < -0.3 is 14.5 Å². The van der Waals surface area contributed by atoms with Crippen LogP contribution in [0.15, 0.2) is 48.7 Å².